The molecule has 2 nitrogen and oxygen atoms in total. The van der Waals surface area contributed by atoms with E-state index >= 15 is 0 Å². The van der Waals surface area contributed by atoms with Crippen LogP contribution in [0.15, 0.2) is 4.99 Å². The van der Waals surface area contributed by atoms with Crippen LogP contribution in [0.4, 0.5) is 0 Å². The molecular weight excluding hydrogens is 204 g/mol. The molecule has 0 aliphatic carbocycles. The van der Waals surface area contributed by atoms with Gasteiger partial charge in [0.15, 0.2) is 5.17 Å². The van der Waals surface area contributed by atoms with Gasteiger partial charge in [0.05, 0.1) is 6.04 Å². The molecule has 0 aromatic heterocycles. The zero-order valence-electron chi connectivity index (χ0n) is 10.3. The molecule has 0 fully saturated rings. The lowest BCUT2D eigenvalue weighted by molar-refractivity contribution is 0.554. The smallest absolute Gasteiger partial charge is 0.157 e. The molecule has 0 aromatic rings. The van der Waals surface area contributed by atoms with Crippen LogP contribution in [0.2, 0.25) is 0 Å². The van der Waals surface area contributed by atoms with Crippen molar-refractivity contribution in [3.05, 3.63) is 0 Å². The third kappa shape index (κ3) is 5.45. The maximum Gasteiger partial charge on any atom is 0.157 e. The van der Waals surface area contributed by atoms with Crippen LogP contribution in [-0.4, -0.2) is 23.0 Å². The second kappa shape index (κ2) is 7.15. The van der Waals surface area contributed by atoms with Crippen LogP contribution >= 0.6 is 11.8 Å². The van der Waals surface area contributed by atoms with Crippen molar-refractivity contribution in [3.8, 4) is 0 Å². The average Bonchev–Trinajstić information content (AvgIpc) is 2.18. The number of thioether (sulfide) groups is 1. The van der Waals surface area contributed by atoms with Crippen LogP contribution in [-0.2, 0) is 0 Å². The first-order valence-electron chi connectivity index (χ1n) is 6.19. The Hall–Kier alpha value is -0.180. The molecule has 0 saturated carbocycles. The predicted octanol–water partition coefficient (Wildman–Crippen LogP) is 3.43. The number of hydrogen-bond donors (Lipinski definition) is 1. The summed E-state index contributed by atoms with van der Waals surface area (Å²) in [6.45, 7) is 6.71. The van der Waals surface area contributed by atoms with E-state index < -0.39 is 0 Å². The fourth-order valence-electron chi connectivity index (χ4n) is 1.69. The van der Waals surface area contributed by atoms with Gasteiger partial charge in [0.1, 0.15) is 0 Å². The lowest BCUT2D eigenvalue weighted by Crippen LogP contribution is -2.33. The lowest BCUT2D eigenvalue weighted by atomic mass is 10.1. The van der Waals surface area contributed by atoms with Crippen molar-refractivity contribution in [1.29, 1.82) is 0 Å². The van der Waals surface area contributed by atoms with Crippen molar-refractivity contribution in [3.63, 3.8) is 0 Å². The van der Waals surface area contributed by atoms with Crippen molar-refractivity contribution in [1.82, 2.24) is 5.32 Å². The summed E-state index contributed by atoms with van der Waals surface area (Å²) in [5.74, 6) is 1.22. The normalized spacial score (nSPS) is 23.4. The van der Waals surface area contributed by atoms with Crippen LogP contribution in [0.25, 0.3) is 0 Å². The summed E-state index contributed by atoms with van der Waals surface area (Å²) in [5, 5.41) is 4.69. The van der Waals surface area contributed by atoms with Gasteiger partial charge in [0.25, 0.3) is 0 Å². The minimum atomic E-state index is 0.511. The highest BCUT2D eigenvalue weighted by Crippen LogP contribution is 2.16. The fraction of sp³-hybridized carbons (Fsp3) is 0.917. The molecule has 1 N–H and O–H groups in total. The number of rotatable bonds is 5. The van der Waals surface area contributed by atoms with Gasteiger partial charge in [-0.1, -0.05) is 37.9 Å². The molecule has 0 amide bonds. The highest BCUT2D eigenvalue weighted by Gasteiger charge is 2.12. The Morgan fingerprint density at radius 3 is 3.00 bits per heavy atom. The molecule has 0 bridgehead atoms. The van der Waals surface area contributed by atoms with Gasteiger partial charge in [0.2, 0.25) is 0 Å². The Morgan fingerprint density at radius 2 is 2.33 bits per heavy atom. The van der Waals surface area contributed by atoms with Crippen molar-refractivity contribution in [2.24, 2.45) is 4.99 Å². The Kier molecular flexibility index (Phi) is 6.15. The van der Waals surface area contributed by atoms with Crippen LogP contribution in [0.1, 0.15) is 52.9 Å². The summed E-state index contributed by atoms with van der Waals surface area (Å²) in [5.41, 5.74) is 0. The fourth-order valence-corrected chi connectivity index (χ4v) is 2.88. The van der Waals surface area contributed by atoms with Crippen molar-refractivity contribution >= 4 is 16.9 Å². The summed E-state index contributed by atoms with van der Waals surface area (Å²) in [6, 6.07) is 1.09. The number of amidine groups is 1. The van der Waals surface area contributed by atoms with Gasteiger partial charge in [-0.3, -0.25) is 4.99 Å². The molecule has 88 valence electrons. The summed E-state index contributed by atoms with van der Waals surface area (Å²) in [7, 11) is 0. The highest BCUT2D eigenvalue weighted by atomic mass is 32.2. The molecule has 1 rings (SSSR count). The Labute approximate surface area is 98.3 Å². The average molecular weight is 228 g/mol. The van der Waals surface area contributed by atoms with E-state index in [9.17, 15) is 0 Å². The molecule has 15 heavy (non-hydrogen) atoms. The van der Waals surface area contributed by atoms with Gasteiger partial charge in [-0.2, -0.15) is 0 Å². The van der Waals surface area contributed by atoms with Gasteiger partial charge in [-0.05, 0) is 26.7 Å². The largest absolute Gasteiger partial charge is 0.362 e. The van der Waals surface area contributed by atoms with E-state index in [-0.39, 0.29) is 0 Å². The molecule has 1 heterocycles. The summed E-state index contributed by atoms with van der Waals surface area (Å²) in [6.07, 6.45) is 6.47. The minimum Gasteiger partial charge on any atom is -0.362 e. The molecule has 0 aromatic carbocycles. The summed E-state index contributed by atoms with van der Waals surface area (Å²) in [4.78, 5) is 4.62. The molecule has 1 aliphatic heterocycles. The minimum absolute atomic E-state index is 0.511. The van der Waals surface area contributed by atoms with Crippen LogP contribution in [0, 0.1) is 0 Å². The number of hydrogen-bond acceptors (Lipinski definition) is 3. The first-order valence-corrected chi connectivity index (χ1v) is 7.18. The second-order valence-corrected chi connectivity index (χ2v) is 5.55. The topological polar surface area (TPSA) is 24.4 Å². The third-order valence-corrected chi connectivity index (χ3v) is 3.66. The van der Waals surface area contributed by atoms with E-state index in [1.807, 2.05) is 11.8 Å². The van der Waals surface area contributed by atoms with Crippen LogP contribution < -0.4 is 5.32 Å². The quantitative estimate of drug-likeness (QED) is 0.729. The molecule has 0 saturated heterocycles. The standard InChI is InChI=1S/C12H24N2S/c1-4-5-6-7-10(2)13-12-14-11(3)8-9-15-12/h10-11H,4-9H2,1-3H3,(H,13,14). The predicted molar refractivity (Wildman–Crippen MR) is 70.7 cm³/mol. The third-order valence-electron chi connectivity index (χ3n) is 2.72. The monoisotopic (exact) mass is 228 g/mol. The Bertz CT molecular complexity index is 204. The van der Waals surface area contributed by atoms with E-state index in [0.29, 0.717) is 12.1 Å². The van der Waals surface area contributed by atoms with Gasteiger partial charge >= 0.3 is 0 Å². The number of aliphatic imine (C=N–C) groups is 1. The van der Waals surface area contributed by atoms with Crippen molar-refractivity contribution < 1.29 is 0 Å². The highest BCUT2D eigenvalue weighted by molar-refractivity contribution is 8.13. The first kappa shape index (κ1) is 12.9. The first-order chi connectivity index (χ1) is 7.22. The van der Waals surface area contributed by atoms with Gasteiger partial charge < -0.3 is 5.32 Å². The van der Waals surface area contributed by atoms with E-state index in [1.165, 1.54) is 37.9 Å². The van der Waals surface area contributed by atoms with Crippen LogP contribution in [0.5, 0.6) is 0 Å². The van der Waals surface area contributed by atoms with Gasteiger partial charge in [-0.25, -0.2) is 0 Å². The molecule has 0 radical (unpaired) electrons. The number of nitrogens with zero attached hydrogens (tertiary/aromatic N) is 1. The van der Waals surface area contributed by atoms with Crippen molar-refractivity contribution in [2.45, 2.75) is 65.0 Å². The lowest BCUT2D eigenvalue weighted by Gasteiger charge is -2.21. The van der Waals surface area contributed by atoms with Gasteiger partial charge in [0, 0.05) is 11.8 Å². The number of unbranched alkanes of at least 4 members (excludes halogenated alkanes) is 2. The summed E-state index contributed by atoms with van der Waals surface area (Å²) >= 11 is 1.87. The van der Waals surface area contributed by atoms with E-state index in [1.54, 1.807) is 0 Å². The van der Waals surface area contributed by atoms with Crippen LogP contribution in [0.3, 0.4) is 0 Å². The molecule has 0 spiro atoms. The Morgan fingerprint density at radius 1 is 1.53 bits per heavy atom. The SMILES string of the molecule is CCCCCC(C)NC1=NC(C)CCS1. The summed E-state index contributed by atoms with van der Waals surface area (Å²) < 4.78 is 0. The van der Waals surface area contributed by atoms with E-state index in [4.69, 9.17) is 0 Å². The van der Waals surface area contributed by atoms with Crippen molar-refractivity contribution in [2.75, 3.05) is 5.75 Å². The molecule has 1 aliphatic rings. The zero-order chi connectivity index (χ0) is 11.1. The van der Waals surface area contributed by atoms with E-state index in [2.05, 4.69) is 31.1 Å². The zero-order valence-corrected chi connectivity index (χ0v) is 11.1. The molecule has 2 atom stereocenters. The maximum absolute atomic E-state index is 4.62. The second-order valence-electron chi connectivity index (χ2n) is 4.46. The number of nitrogens with one attached hydrogen (secondary N) is 1. The maximum atomic E-state index is 4.62. The molecule has 2 unspecified atom stereocenters. The molecular formula is C12H24N2S. The van der Waals surface area contributed by atoms with E-state index in [0.717, 1.165) is 5.17 Å². The Balaban J connectivity index is 2.21. The van der Waals surface area contributed by atoms with Gasteiger partial charge in [-0.15, -0.1) is 0 Å². The molecule has 3 heteroatoms.